The van der Waals surface area contributed by atoms with Crippen LogP contribution in [0, 0.1) is 4.91 Å². The predicted molar refractivity (Wildman–Crippen MR) is 71.3 cm³/mol. The normalized spacial score (nSPS) is 12.0. The summed E-state index contributed by atoms with van der Waals surface area (Å²) >= 11 is 0. The molecule has 0 N–H and O–H groups in total. The van der Waals surface area contributed by atoms with Gasteiger partial charge in [-0.25, -0.2) is 0 Å². The first-order valence-electron chi connectivity index (χ1n) is 6.00. The van der Waals surface area contributed by atoms with E-state index in [9.17, 15) is 4.91 Å². The van der Waals surface area contributed by atoms with Crippen molar-refractivity contribution in [3.8, 4) is 0 Å². The lowest BCUT2D eigenvalue weighted by atomic mass is 10.2. The SMILES string of the molecule is C=CC[C@H](COCc1ccccc1)OCCN=O. The van der Waals surface area contributed by atoms with Gasteiger partial charge >= 0.3 is 0 Å². The molecule has 18 heavy (non-hydrogen) atoms. The summed E-state index contributed by atoms with van der Waals surface area (Å²) in [6, 6.07) is 9.96. The fraction of sp³-hybridized carbons (Fsp3) is 0.429. The lowest BCUT2D eigenvalue weighted by Gasteiger charge is -2.15. The minimum Gasteiger partial charge on any atom is -0.374 e. The molecule has 0 aromatic heterocycles. The minimum absolute atomic E-state index is 0.0621. The van der Waals surface area contributed by atoms with Crippen molar-refractivity contribution >= 4 is 0 Å². The first-order chi connectivity index (χ1) is 8.86. The second-order valence-corrected chi connectivity index (χ2v) is 3.87. The van der Waals surface area contributed by atoms with Crippen molar-refractivity contribution in [2.45, 2.75) is 19.1 Å². The van der Waals surface area contributed by atoms with Crippen LogP contribution in [0.5, 0.6) is 0 Å². The lowest BCUT2D eigenvalue weighted by molar-refractivity contribution is -0.0169. The maximum atomic E-state index is 9.96. The average molecular weight is 249 g/mol. The van der Waals surface area contributed by atoms with Crippen LogP contribution in [0.2, 0.25) is 0 Å². The molecular formula is C14H19NO3. The molecule has 0 saturated heterocycles. The monoisotopic (exact) mass is 249 g/mol. The summed E-state index contributed by atoms with van der Waals surface area (Å²) in [5.41, 5.74) is 1.13. The van der Waals surface area contributed by atoms with E-state index >= 15 is 0 Å². The van der Waals surface area contributed by atoms with Gasteiger partial charge in [-0.05, 0) is 12.0 Å². The molecule has 0 heterocycles. The van der Waals surface area contributed by atoms with Gasteiger partial charge in [0.15, 0.2) is 0 Å². The highest BCUT2D eigenvalue weighted by Gasteiger charge is 2.07. The molecule has 0 spiro atoms. The number of nitroso groups, excluding NO2 is 1. The van der Waals surface area contributed by atoms with Crippen LogP contribution in [-0.2, 0) is 16.1 Å². The number of nitrogens with zero attached hydrogens (tertiary/aromatic N) is 1. The third kappa shape index (κ3) is 6.27. The van der Waals surface area contributed by atoms with Crippen LogP contribution in [0.25, 0.3) is 0 Å². The maximum Gasteiger partial charge on any atom is 0.104 e. The van der Waals surface area contributed by atoms with Crippen LogP contribution in [0.15, 0.2) is 48.2 Å². The second-order valence-electron chi connectivity index (χ2n) is 3.87. The van der Waals surface area contributed by atoms with Gasteiger partial charge in [-0.15, -0.1) is 6.58 Å². The van der Waals surface area contributed by atoms with Gasteiger partial charge in [0, 0.05) is 0 Å². The third-order valence-electron chi connectivity index (χ3n) is 2.38. The molecule has 4 heteroatoms. The molecular weight excluding hydrogens is 230 g/mol. The van der Waals surface area contributed by atoms with Gasteiger partial charge in [-0.1, -0.05) is 41.6 Å². The summed E-state index contributed by atoms with van der Waals surface area (Å²) in [6.07, 6.45) is 2.42. The number of ether oxygens (including phenoxy) is 2. The maximum absolute atomic E-state index is 9.96. The molecule has 0 bridgehead atoms. The number of hydrogen-bond donors (Lipinski definition) is 0. The van der Waals surface area contributed by atoms with E-state index in [0.717, 1.165) is 5.56 Å². The first kappa shape index (κ1) is 14.5. The zero-order valence-corrected chi connectivity index (χ0v) is 10.5. The summed E-state index contributed by atoms with van der Waals surface area (Å²) in [4.78, 5) is 9.96. The van der Waals surface area contributed by atoms with Crippen LogP contribution >= 0.6 is 0 Å². The highest BCUT2D eigenvalue weighted by Crippen LogP contribution is 2.05. The van der Waals surface area contributed by atoms with E-state index in [-0.39, 0.29) is 12.6 Å². The summed E-state index contributed by atoms with van der Waals surface area (Å²) in [7, 11) is 0. The van der Waals surface area contributed by atoms with E-state index in [2.05, 4.69) is 11.8 Å². The van der Waals surface area contributed by atoms with Gasteiger partial charge in [-0.3, -0.25) is 0 Å². The van der Waals surface area contributed by atoms with E-state index in [1.165, 1.54) is 0 Å². The van der Waals surface area contributed by atoms with Crippen LogP contribution < -0.4 is 0 Å². The van der Waals surface area contributed by atoms with Crippen LogP contribution in [-0.4, -0.2) is 25.9 Å². The smallest absolute Gasteiger partial charge is 0.104 e. The Balaban J connectivity index is 2.24. The van der Waals surface area contributed by atoms with E-state index in [0.29, 0.717) is 26.2 Å². The van der Waals surface area contributed by atoms with Gasteiger partial charge in [0.2, 0.25) is 0 Å². The topological polar surface area (TPSA) is 47.9 Å². The third-order valence-corrected chi connectivity index (χ3v) is 2.38. The van der Waals surface area contributed by atoms with Crippen LogP contribution in [0.4, 0.5) is 0 Å². The minimum atomic E-state index is -0.0621. The molecule has 98 valence electrons. The molecule has 0 radical (unpaired) electrons. The van der Waals surface area contributed by atoms with Crippen LogP contribution in [0.3, 0.4) is 0 Å². The molecule has 0 aliphatic rings. The van der Waals surface area contributed by atoms with Crippen molar-refractivity contribution in [3.63, 3.8) is 0 Å². The summed E-state index contributed by atoms with van der Waals surface area (Å²) < 4.78 is 11.1. The molecule has 1 aromatic rings. The van der Waals surface area contributed by atoms with Crippen molar-refractivity contribution in [1.29, 1.82) is 0 Å². The Bertz CT molecular complexity index is 340. The van der Waals surface area contributed by atoms with Gasteiger partial charge in [0.25, 0.3) is 0 Å². The van der Waals surface area contributed by atoms with Gasteiger partial charge in [0.05, 0.1) is 25.9 Å². The Kier molecular flexibility index (Phi) is 7.68. The van der Waals surface area contributed by atoms with E-state index in [1.807, 2.05) is 30.3 Å². The molecule has 4 nitrogen and oxygen atoms in total. The zero-order valence-electron chi connectivity index (χ0n) is 10.5. The lowest BCUT2D eigenvalue weighted by Crippen LogP contribution is -2.20. The fourth-order valence-corrected chi connectivity index (χ4v) is 1.51. The number of rotatable bonds is 10. The van der Waals surface area contributed by atoms with Crippen molar-refractivity contribution < 1.29 is 9.47 Å². The quantitative estimate of drug-likeness (QED) is 0.364. The van der Waals surface area contributed by atoms with Crippen molar-refractivity contribution in [3.05, 3.63) is 53.5 Å². The molecule has 0 aliphatic carbocycles. The molecule has 0 amide bonds. The highest BCUT2D eigenvalue weighted by atomic mass is 16.5. The van der Waals surface area contributed by atoms with Crippen LogP contribution in [0.1, 0.15) is 12.0 Å². The number of hydrogen-bond acceptors (Lipinski definition) is 4. The van der Waals surface area contributed by atoms with Crippen molar-refractivity contribution in [1.82, 2.24) is 0 Å². The summed E-state index contributed by atoms with van der Waals surface area (Å²) in [6.45, 7) is 5.22. The largest absolute Gasteiger partial charge is 0.374 e. The van der Waals surface area contributed by atoms with Gasteiger partial charge < -0.3 is 9.47 Å². The summed E-state index contributed by atoms with van der Waals surface area (Å²) in [5, 5.41) is 2.75. The molecule has 1 atom stereocenters. The van der Waals surface area contributed by atoms with E-state index < -0.39 is 0 Å². The highest BCUT2D eigenvalue weighted by molar-refractivity contribution is 5.13. The molecule has 1 aromatic carbocycles. The molecule has 1 rings (SSSR count). The van der Waals surface area contributed by atoms with E-state index in [1.54, 1.807) is 6.08 Å². The fourth-order valence-electron chi connectivity index (χ4n) is 1.51. The Morgan fingerprint density at radius 2 is 2.11 bits per heavy atom. The molecule has 0 saturated carbocycles. The van der Waals surface area contributed by atoms with Crippen molar-refractivity contribution in [2.75, 3.05) is 19.8 Å². The summed E-state index contributed by atoms with van der Waals surface area (Å²) in [5.74, 6) is 0. The molecule has 0 fully saturated rings. The van der Waals surface area contributed by atoms with E-state index in [4.69, 9.17) is 9.47 Å². The Morgan fingerprint density at radius 1 is 1.33 bits per heavy atom. The second kappa shape index (κ2) is 9.50. The standard InChI is InChI=1S/C14H19NO3/c1-2-6-14(18-10-9-15-16)12-17-11-13-7-4-3-5-8-13/h2-5,7-8,14H,1,6,9-12H2/t14-/m1/s1. The average Bonchev–Trinajstić information content (AvgIpc) is 2.40. The Hall–Kier alpha value is -1.52. The van der Waals surface area contributed by atoms with Gasteiger partial charge in [0.1, 0.15) is 6.54 Å². The molecule has 0 aliphatic heterocycles. The van der Waals surface area contributed by atoms with Gasteiger partial charge in [-0.2, -0.15) is 4.91 Å². The predicted octanol–water partition coefficient (Wildman–Crippen LogP) is 2.93. The molecule has 0 unspecified atom stereocenters. The Morgan fingerprint density at radius 3 is 2.78 bits per heavy atom. The zero-order chi connectivity index (χ0) is 13.1. The first-order valence-corrected chi connectivity index (χ1v) is 6.00. The Labute approximate surface area is 108 Å². The van der Waals surface area contributed by atoms with Crippen molar-refractivity contribution in [2.24, 2.45) is 5.18 Å². The number of benzene rings is 1.